The van der Waals surface area contributed by atoms with E-state index in [-0.39, 0.29) is 0 Å². The molecule has 0 rings (SSSR count). The summed E-state index contributed by atoms with van der Waals surface area (Å²) < 4.78 is 0. The van der Waals surface area contributed by atoms with Gasteiger partial charge in [-0.15, -0.1) is 5.73 Å². The Labute approximate surface area is 49.3 Å². The normalized spacial score (nSPS) is 7.71. The van der Waals surface area contributed by atoms with E-state index in [1.165, 1.54) is 5.57 Å². The summed E-state index contributed by atoms with van der Waals surface area (Å²) in [5.74, 6) is 1.06. The van der Waals surface area contributed by atoms with Crippen molar-refractivity contribution in [1.29, 1.82) is 0 Å². The van der Waals surface area contributed by atoms with Crippen LogP contribution in [0.5, 0.6) is 0 Å². The molecule has 0 atom stereocenters. The van der Waals surface area contributed by atoms with E-state index >= 15 is 0 Å². The van der Waals surface area contributed by atoms with Crippen molar-refractivity contribution in [3.8, 4) is 0 Å². The third kappa shape index (κ3) is 3.71. The zero-order valence-corrected chi connectivity index (χ0v) is 5.64. The first-order valence-electron chi connectivity index (χ1n) is 2.15. The Morgan fingerprint density at radius 2 is 2.43 bits per heavy atom. The van der Waals surface area contributed by atoms with Crippen LogP contribution in [-0.4, -0.2) is 12.0 Å². The minimum Gasteiger partial charge on any atom is -0.160 e. The van der Waals surface area contributed by atoms with E-state index in [0.717, 1.165) is 5.75 Å². The molecule has 0 unspecified atom stereocenters. The summed E-state index contributed by atoms with van der Waals surface area (Å²) in [7, 11) is 0. The summed E-state index contributed by atoms with van der Waals surface area (Å²) in [6, 6.07) is 0. The van der Waals surface area contributed by atoms with Crippen molar-refractivity contribution in [3.63, 3.8) is 0 Å². The Balaban J connectivity index is 3.37. The van der Waals surface area contributed by atoms with E-state index in [9.17, 15) is 0 Å². The predicted molar refractivity (Wildman–Crippen MR) is 36.7 cm³/mol. The van der Waals surface area contributed by atoms with Crippen molar-refractivity contribution in [3.05, 3.63) is 17.9 Å². The number of hydrogen-bond acceptors (Lipinski definition) is 1. The van der Waals surface area contributed by atoms with Crippen LogP contribution in [0.1, 0.15) is 6.92 Å². The molecule has 0 amide bonds. The molecule has 7 heavy (non-hydrogen) atoms. The van der Waals surface area contributed by atoms with Crippen LogP contribution in [-0.2, 0) is 0 Å². The fourth-order valence-corrected chi connectivity index (χ4v) is 0.803. The monoisotopic (exact) mass is 114 g/mol. The van der Waals surface area contributed by atoms with Crippen molar-refractivity contribution in [2.75, 3.05) is 12.0 Å². The first-order valence-corrected chi connectivity index (χ1v) is 3.55. The molecule has 0 fully saturated rings. The standard InChI is InChI=1S/C6H10S/c1-4-6(2)5-7-3/h1,5H2,2-3H3. The Kier molecular flexibility index (Phi) is 3.97. The third-order valence-corrected chi connectivity index (χ3v) is 1.38. The highest BCUT2D eigenvalue weighted by Gasteiger charge is 1.79. The van der Waals surface area contributed by atoms with Gasteiger partial charge in [0.15, 0.2) is 0 Å². The molecule has 0 saturated carbocycles. The van der Waals surface area contributed by atoms with Gasteiger partial charge in [0.05, 0.1) is 0 Å². The minimum atomic E-state index is 1.06. The zero-order chi connectivity index (χ0) is 5.70. The quantitative estimate of drug-likeness (QED) is 0.495. The van der Waals surface area contributed by atoms with E-state index in [1.54, 1.807) is 11.8 Å². The average Bonchev–Trinajstić information content (AvgIpc) is 1.68. The molecule has 0 aliphatic rings. The molecule has 0 aromatic rings. The van der Waals surface area contributed by atoms with Crippen molar-refractivity contribution < 1.29 is 0 Å². The molecule has 40 valence electrons. The molecule has 0 aromatic heterocycles. The summed E-state index contributed by atoms with van der Waals surface area (Å²) in [5, 5.41) is 0. The number of rotatable bonds is 2. The van der Waals surface area contributed by atoms with E-state index in [1.807, 2.05) is 6.92 Å². The van der Waals surface area contributed by atoms with Gasteiger partial charge in [-0.3, -0.25) is 0 Å². The van der Waals surface area contributed by atoms with Gasteiger partial charge in [-0.1, -0.05) is 6.58 Å². The van der Waals surface area contributed by atoms with Crippen LogP contribution in [0.25, 0.3) is 0 Å². The molecule has 0 aliphatic heterocycles. The topological polar surface area (TPSA) is 0 Å². The van der Waals surface area contributed by atoms with Crippen LogP contribution in [0, 0.1) is 0 Å². The first-order chi connectivity index (χ1) is 3.31. The highest BCUT2D eigenvalue weighted by molar-refractivity contribution is 7.98. The van der Waals surface area contributed by atoms with E-state index in [4.69, 9.17) is 0 Å². The lowest BCUT2D eigenvalue weighted by atomic mass is 10.4. The van der Waals surface area contributed by atoms with Gasteiger partial charge >= 0.3 is 0 Å². The summed E-state index contributed by atoms with van der Waals surface area (Å²) in [5.41, 5.74) is 4.04. The molecule has 0 nitrogen and oxygen atoms in total. The fraction of sp³-hybridized carbons (Fsp3) is 0.500. The molecular formula is C6H10S. The molecule has 0 saturated heterocycles. The van der Waals surface area contributed by atoms with Gasteiger partial charge in [-0.05, 0) is 18.8 Å². The maximum absolute atomic E-state index is 3.50. The average molecular weight is 114 g/mol. The van der Waals surface area contributed by atoms with E-state index in [2.05, 4.69) is 18.6 Å². The number of hydrogen-bond donors (Lipinski definition) is 0. The summed E-state index contributed by atoms with van der Waals surface area (Å²) in [4.78, 5) is 0. The Morgan fingerprint density at radius 1 is 1.86 bits per heavy atom. The van der Waals surface area contributed by atoms with Gasteiger partial charge in [-0.2, -0.15) is 11.8 Å². The summed E-state index contributed by atoms with van der Waals surface area (Å²) in [6.45, 7) is 5.54. The highest BCUT2D eigenvalue weighted by atomic mass is 32.2. The lowest BCUT2D eigenvalue weighted by molar-refractivity contribution is 1.43. The molecule has 0 spiro atoms. The van der Waals surface area contributed by atoms with Crippen LogP contribution in [0.3, 0.4) is 0 Å². The third-order valence-electron chi connectivity index (χ3n) is 0.663. The molecule has 0 N–H and O–H groups in total. The van der Waals surface area contributed by atoms with Gasteiger partial charge < -0.3 is 0 Å². The Morgan fingerprint density at radius 3 is 2.57 bits per heavy atom. The van der Waals surface area contributed by atoms with Crippen molar-refractivity contribution in [1.82, 2.24) is 0 Å². The van der Waals surface area contributed by atoms with Gasteiger partial charge in [0.1, 0.15) is 0 Å². The maximum atomic E-state index is 3.50. The summed E-state index contributed by atoms with van der Waals surface area (Å²) in [6.07, 6.45) is 2.07. The first kappa shape index (κ1) is 6.87. The molecule has 0 bridgehead atoms. The van der Waals surface area contributed by atoms with Crippen molar-refractivity contribution in [2.45, 2.75) is 6.92 Å². The van der Waals surface area contributed by atoms with Crippen LogP contribution in [0.15, 0.2) is 17.9 Å². The van der Waals surface area contributed by atoms with Crippen LogP contribution < -0.4 is 0 Å². The molecule has 1 heteroatoms. The molecule has 0 aliphatic carbocycles. The van der Waals surface area contributed by atoms with Gasteiger partial charge in [0, 0.05) is 5.75 Å². The molecular weight excluding hydrogens is 104 g/mol. The van der Waals surface area contributed by atoms with Gasteiger partial charge in [-0.25, -0.2) is 0 Å². The Hall–Kier alpha value is -0.130. The smallest absolute Gasteiger partial charge is 0.0213 e. The largest absolute Gasteiger partial charge is 0.160 e. The van der Waals surface area contributed by atoms with Gasteiger partial charge in [0.2, 0.25) is 0 Å². The van der Waals surface area contributed by atoms with Crippen molar-refractivity contribution in [2.24, 2.45) is 0 Å². The molecule has 0 heterocycles. The van der Waals surface area contributed by atoms with E-state index < -0.39 is 0 Å². The Bertz CT molecular complexity index is 88.4. The predicted octanol–water partition coefficient (Wildman–Crippen LogP) is 2.08. The molecule has 0 radical (unpaired) electrons. The lowest BCUT2D eigenvalue weighted by Gasteiger charge is -1.87. The maximum Gasteiger partial charge on any atom is 0.0213 e. The highest BCUT2D eigenvalue weighted by Crippen LogP contribution is 1.98. The van der Waals surface area contributed by atoms with Crippen molar-refractivity contribution >= 4 is 11.8 Å². The summed E-state index contributed by atoms with van der Waals surface area (Å²) >= 11 is 1.79. The SMILES string of the molecule is C=C=C(C)CSC. The minimum absolute atomic E-state index is 1.06. The number of thioether (sulfide) groups is 1. The second-order valence-electron chi connectivity index (χ2n) is 1.39. The lowest BCUT2D eigenvalue weighted by Crippen LogP contribution is -1.73. The fourth-order valence-electron chi connectivity index (χ4n) is 0.268. The van der Waals surface area contributed by atoms with Crippen LogP contribution in [0.4, 0.5) is 0 Å². The zero-order valence-electron chi connectivity index (χ0n) is 4.82. The van der Waals surface area contributed by atoms with Gasteiger partial charge in [0.25, 0.3) is 0 Å². The van der Waals surface area contributed by atoms with Crippen LogP contribution >= 0.6 is 11.8 Å². The second-order valence-corrected chi connectivity index (χ2v) is 2.26. The second kappa shape index (κ2) is 4.04. The van der Waals surface area contributed by atoms with E-state index in [0.29, 0.717) is 0 Å². The van der Waals surface area contributed by atoms with Crippen LogP contribution in [0.2, 0.25) is 0 Å². The molecule has 0 aromatic carbocycles.